The molecule has 0 N–H and O–H groups in total. The van der Waals surface area contributed by atoms with Gasteiger partial charge in [-0.1, -0.05) is 91.0 Å². The summed E-state index contributed by atoms with van der Waals surface area (Å²) in [6.45, 7) is 4.10. The first kappa shape index (κ1) is 60.7. The van der Waals surface area contributed by atoms with Crippen LogP contribution in [0.3, 0.4) is 0 Å². The molecule has 25 heteroatoms. The third kappa shape index (κ3) is 19.4. The molecule has 0 fully saturated rings. The lowest BCUT2D eigenvalue weighted by Gasteiger charge is -2.32. The van der Waals surface area contributed by atoms with Crippen LogP contribution in [0, 0.1) is 52.4 Å². The van der Waals surface area contributed by atoms with Gasteiger partial charge in [0.15, 0.2) is 0 Å². The molecule has 5 aromatic rings. The Morgan fingerprint density at radius 3 is 0.738 bits per heavy atom. The minimum atomic E-state index is -1.63. The van der Waals surface area contributed by atoms with Gasteiger partial charge >= 0.3 is 60.6 Å². The molecule has 0 aliphatic heterocycles. The Morgan fingerprint density at radius 2 is 0.500 bits per heavy atom. The smallest absolute Gasteiger partial charge is 0.432 e. The summed E-state index contributed by atoms with van der Waals surface area (Å²) in [4.78, 5) is 175. The molecule has 0 aliphatic rings. The van der Waals surface area contributed by atoms with Crippen molar-refractivity contribution in [3.05, 3.63) is 177 Å². The van der Waals surface area contributed by atoms with Gasteiger partial charge < -0.3 is 23.7 Å². The van der Waals surface area contributed by atoms with Crippen LogP contribution in [0.2, 0.25) is 0 Å². The van der Waals surface area contributed by atoms with Crippen molar-refractivity contribution in [2.45, 2.75) is 47.5 Å². The summed E-state index contributed by atoms with van der Waals surface area (Å²) in [5.41, 5.74) is 2.56. The Balaban J connectivity index is 1.41. The highest BCUT2D eigenvalue weighted by Gasteiger charge is 2.35. The number of benzene rings is 5. The van der Waals surface area contributed by atoms with Gasteiger partial charge in [0.05, 0.1) is 60.9 Å². The number of carbonyl (C=O) groups excluding carboxylic acids is 10. The Morgan fingerprint density at radius 1 is 0.287 bits per heavy atom. The minimum Gasteiger partial charge on any atom is -0.432 e. The standard InChI is InChI=1S/C55H52O25/c1-33-16-6-11-21-40(33)46(56)71-76-51(61)66-28-26-38(30-68-53(63)78-73-48(58)42-23-13-8-18-35(42)3)45(32-70-55(65)80-75-50(60)44-25-15-10-20-37(44)5)39(31-69-54(64)79-74-49(59)43-24-14-9-19-36(43)4)27-29-67-52(62)77-72-47(57)41-22-12-7-17-34(41)2/h6-25,38-39,45H,26-32H2,1-5H3. The van der Waals surface area contributed by atoms with E-state index in [0.29, 0.717) is 27.8 Å². The summed E-state index contributed by atoms with van der Waals surface area (Å²) in [5, 5.41) is 0. The Labute approximate surface area is 455 Å². The lowest BCUT2D eigenvalue weighted by Crippen LogP contribution is -2.37. The van der Waals surface area contributed by atoms with E-state index in [1.54, 1.807) is 95.3 Å². The summed E-state index contributed by atoms with van der Waals surface area (Å²) in [6.07, 6.45) is -8.81. The van der Waals surface area contributed by atoms with E-state index in [2.05, 4.69) is 44.0 Å². The molecule has 0 saturated heterocycles. The third-order valence-electron chi connectivity index (χ3n) is 11.6. The van der Waals surface area contributed by atoms with Gasteiger partial charge in [0, 0.05) is 17.8 Å². The van der Waals surface area contributed by atoms with Crippen molar-refractivity contribution >= 4 is 60.6 Å². The third-order valence-corrected chi connectivity index (χ3v) is 11.6. The second-order valence-electron chi connectivity index (χ2n) is 17.0. The van der Waals surface area contributed by atoms with Crippen molar-refractivity contribution in [1.29, 1.82) is 0 Å². The van der Waals surface area contributed by atoms with Gasteiger partial charge in [0.2, 0.25) is 0 Å². The van der Waals surface area contributed by atoms with E-state index in [9.17, 15) is 47.9 Å². The zero-order valence-electron chi connectivity index (χ0n) is 43.4. The van der Waals surface area contributed by atoms with Crippen LogP contribution in [-0.4, -0.2) is 93.7 Å². The fraction of sp³-hybridized carbons (Fsp3) is 0.273. The van der Waals surface area contributed by atoms with E-state index in [1.165, 1.54) is 60.7 Å². The molecule has 2 unspecified atom stereocenters. The van der Waals surface area contributed by atoms with Gasteiger partial charge in [-0.25, -0.2) is 72.8 Å². The van der Waals surface area contributed by atoms with Crippen LogP contribution < -0.4 is 0 Å². The molecular formula is C55H52O25. The fourth-order valence-corrected chi connectivity index (χ4v) is 7.31. The summed E-state index contributed by atoms with van der Waals surface area (Å²) in [6, 6.07) is 30.8. The van der Waals surface area contributed by atoms with E-state index < -0.39 is 124 Å². The fourth-order valence-electron chi connectivity index (χ4n) is 7.31. The first-order chi connectivity index (χ1) is 38.4. The molecule has 0 radical (unpaired) electrons. The molecule has 0 aromatic heterocycles. The lowest BCUT2D eigenvalue weighted by atomic mass is 9.79. The zero-order chi connectivity index (χ0) is 58.0. The van der Waals surface area contributed by atoms with Gasteiger partial charge in [-0.2, -0.15) is 24.0 Å². The van der Waals surface area contributed by atoms with Crippen LogP contribution >= 0.6 is 0 Å². The number of hydrogen-bond acceptors (Lipinski definition) is 25. The molecule has 0 bridgehead atoms. The maximum atomic E-state index is 13.1. The minimum absolute atomic E-state index is 0.0208. The number of hydrogen-bond donors (Lipinski definition) is 0. The summed E-state index contributed by atoms with van der Waals surface area (Å²) < 4.78 is 26.3. The van der Waals surface area contributed by atoms with Gasteiger partial charge in [-0.05, 0) is 106 Å². The maximum Gasteiger partial charge on any atom is 0.549 e. The molecule has 0 heterocycles. The monoisotopic (exact) mass is 1110 g/mol. The van der Waals surface area contributed by atoms with Gasteiger partial charge in [-0.15, -0.1) is 0 Å². The second-order valence-corrected chi connectivity index (χ2v) is 17.0. The van der Waals surface area contributed by atoms with Crippen LogP contribution in [0.15, 0.2) is 121 Å². The highest BCUT2D eigenvalue weighted by Crippen LogP contribution is 2.30. The van der Waals surface area contributed by atoms with E-state index in [-0.39, 0.29) is 27.8 Å². The first-order valence-electron chi connectivity index (χ1n) is 24.0. The van der Waals surface area contributed by atoms with E-state index in [0.717, 1.165) is 0 Å². The van der Waals surface area contributed by atoms with Crippen molar-refractivity contribution in [3.8, 4) is 0 Å². The lowest BCUT2D eigenvalue weighted by molar-refractivity contribution is -0.210. The van der Waals surface area contributed by atoms with Crippen LogP contribution in [0.5, 0.6) is 0 Å². The van der Waals surface area contributed by atoms with Crippen molar-refractivity contribution in [2.75, 3.05) is 33.0 Å². The summed E-state index contributed by atoms with van der Waals surface area (Å²) >= 11 is 0. The Bertz CT molecular complexity index is 2840. The highest BCUT2D eigenvalue weighted by molar-refractivity contribution is 5.93. The predicted molar refractivity (Wildman–Crippen MR) is 265 cm³/mol. The van der Waals surface area contributed by atoms with Crippen LogP contribution in [0.25, 0.3) is 0 Å². The molecule has 2 atom stereocenters. The summed E-state index contributed by atoms with van der Waals surface area (Å²) in [5.74, 6) is -9.36. The van der Waals surface area contributed by atoms with Crippen LogP contribution in [-0.2, 0) is 72.6 Å². The zero-order valence-corrected chi connectivity index (χ0v) is 43.4. The summed E-state index contributed by atoms with van der Waals surface area (Å²) in [7, 11) is 0. The Kier molecular flexibility index (Phi) is 23.6. The van der Waals surface area contributed by atoms with Gasteiger partial charge in [0.1, 0.15) is 0 Å². The molecule has 25 nitrogen and oxygen atoms in total. The molecule has 0 aliphatic carbocycles. The quantitative estimate of drug-likeness (QED) is 0.0321. The average molecular weight is 1110 g/mol. The Hall–Kier alpha value is -10.2. The van der Waals surface area contributed by atoms with Crippen molar-refractivity contribution in [3.63, 3.8) is 0 Å². The maximum absolute atomic E-state index is 13.1. The molecule has 422 valence electrons. The number of ether oxygens (including phenoxy) is 5. The van der Waals surface area contributed by atoms with Crippen molar-refractivity contribution in [2.24, 2.45) is 17.8 Å². The molecular weight excluding hydrogens is 1060 g/mol. The predicted octanol–water partition coefficient (Wildman–Crippen LogP) is 9.78. The molecule has 0 saturated carbocycles. The highest BCUT2D eigenvalue weighted by atomic mass is 17.3. The topological polar surface area (TPSA) is 309 Å². The molecule has 0 amide bonds. The molecule has 5 rings (SSSR count). The van der Waals surface area contributed by atoms with E-state index in [1.807, 2.05) is 0 Å². The van der Waals surface area contributed by atoms with Crippen LogP contribution in [0.4, 0.5) is 24.0 Å². The van der Waals surface area contributed by atoms with E-state index >= 15 is 0 Å². The van der Waals surface area contributed by atoms with Crippen molar-refractivity contribution in [1.82, 2.24) is 0 Å². The van der Waals surface area contributed by atoms with Crippen LogP contribution in [0.1, 0.15) is 92.4 Å². The number of rotatable bonds is 19. The van der Waals surface area contributed by atoms with Crippen molar-refractivity contribution < 1.29 is 121 Å². The average Bonchev–Trinajstić information content (AvgIpc) is 3.44. The molecule has 80 heavy (non-hydrogen) atoms. The number of aryl methyl sites for hydroxylation is 5. The second kappa shape index (κ2) is 31.1. The van der Waals surface area contributed by atoms with Gasteiger partial charge in [-0.3, -0.25) is 0 Å². The molecule has 0 spiro atoms. The number of carbonyl (C=O) groups is 10. The van der Waals surface area contributed by atoms with Gasteiger partial charge in [0.25, 0.3) is 0 Å². The normalized spacial score (nSPS) is 11.5. The molecule has 5 aromatic carbocycles. The first-order valence-corrected chi connectivity index (χ1v) is 24.0. The largest absolute Gasteiger partial charge is 0.549 e. The van der Waals surface area contributed by atoms with E-state index in [4.69, 9.17) is 28.6 Å². The SMILES string of the molecule is Cc1ccccc1C(=O)OOC(=O)OCCC(COC(=O)OOC(=O)c1ccccc1C)C(COC(=O)OOC(=O)c1ccccc1C)C(CCOC(=O)OOC(=O)c1ccccc1C)COC(=O)OOC(=O)c1ccccc1C.